The second-order valence-electron chi connectivity index (χ2n) is 5.16. The molecule has 1 aromatic rings. The van der Waals surface area contributed by atoms with Crippen LogP contribution in [-0.4, -0.2) is 29.0 Å². The van der Waals surface area contributed by atoms with E-state index in [-0.39, 0.29) is 0 Å². The van der Waals surface area contributed by atoms with Gasteiger partial charge < -0.3 is 5.73 Å². The maximum absolute atomic E-state index is 5.96. The molecule has 3 heteroatoms. The van der Waals surface area contributed by atoms with Crippen LogP contribution in [0.3, 0.4) is 0 Å². The fraction of sp³-hybridized carbons (Fsp3) is 0.688. The van der Waals surface area contributed by atoms with Gasteiger partial charge in [-0.25, -0.2) is 0 Å². The first-order valence-electron chi connectivity index (χ1n) is 7.64. The Morgan fingerprint density at radius 2 is 1.89 bits per heavy atom. The minimum absolute atomic E-state index is 0.509. The standard InChI is InChI=1S/C16H29N3/c1-3-5-6-7-8-16(13-17)19(4-2)14-15-9-11-18-12-10-15/h9-12,16H,3-8,13-14,17H2,1-2H3. The maximum Gasteiger partial charge on any atom is 0.0271 e. The van der Waals surface area contributed by atoms with Crippen molar-refractivity contribution in [2.45, 2.75) is 58.5 Å². The highest BCUT2D eigenvalue weighted by atomic mass is 15.2. The van der Waals surface area contributed by atoms with Gasteiger partial charge in [-0.15, -0.1) is 0 Å². The minimum Gasteiger partial charge on any atom is -0.329 e. The summed E-state index contributed by atoms with van der Waals surface area (Å²) in [7, 11) is 0. The molecule has 0 bridgehead atoms. The number of nitrogens with zero attached hydrogens (tertiary/aromatic N) is 2. The average molecular weight is 263 g/mol. The summed E-state index contributed by atoms with van der Waals surface area (Å²) in [5.74, 6) is 0. The largest absolute Gasteiger partial charge is 0.329 e. The number of hydrogen-bond acceptors (Lipinski definition) is 3. The second kappa shape index (κ2) is 9.93. The predicted molar refractivity (Wildman–Crippen MR) is 81.9 cm³/mol. The lowest BCUT2D eigenvalue weighted by atomic mass is 10.1. The molecule has 3 nitrogen and oxygen atoms in total. The van der Waals surface area contributed by atoms with Crippen molar-refractivity contribution in [2.24, 2.45) is 5.73 Å². The van der Waals surface area contributed by atoms with Gasteiger partial charge in [-0.1, -0.05) is 39.5 Å². The highest BCUT2D eigenvalue weighted by molar-refractivity contribution is 5.09. The van der Waals surface area contributed by atoms with Crippen LogP contribution >= 0.6 is 0 Å². The van der Waals surface area contributed by atoms with Crippen LogP contribution in [0.4, 0.5) is 0 Å². The zero-order valence-electron chi connectivity index (χ0n) is 12.5. The van der Waals surface area contributed by atoms with Crippen molar-refractivity contribution in [3.8, 4) is 0 Å². The molecule has 1 aromatic heterocycles. The van der Waals surface area contributed by atoms with Gasteiger partial charge in [0, 0.05) is 31.5 Å². The normalized spacial score (nSPS) is 12.8. The van der Waals surface area contributed by atoms with E-state index in [1.165, 1.54) is 37.7 Å². The summed E-state index contributed by atoms with van der Waals surface area (Å²) in [5, 5.41) is 0. The minimum atomic E-state index is 0.509. The molecule has 1 atom stereocenters. The Labute approximate surface area is 118 Å². The number of likely N-dealkylation sites (N-methyl/N-ethyl adjacent to an activating group) is 1. The van der Waals surface area contributed by atoms with E-state index in [1.807, 2.05) is 12.4 Å². The lowest BCUT2D eigenvalue weighted by molar-refractivity contribution is 0.188. The summed E-state index contributed by atoms with van der Waals surface area (Å²) >= 11 is 0. The van der Waals surface area contributed by atoms with Gasteiger partial charge in [0.1, 0.15) is 0 Å². The van der Waals surface area contributed by atoms with E-state index < -0.39 is 0 Å². The summed E-state index contributed by atoms with van der Waals surface area (Å²) in [6.45, 7) is 7.26. The first-order valence-corrected chi connectivity index (χ1v) is 7.64. The van der Waals surface area contributed by atoms with Crippen molar-refractivity contribution in [1.82, 2.24) is 9.88 Å². The molecule has 108 valence electrons. The van der Waals surface area contributed by atoms with Crippen LogP contribution in [-0.2, 0) is 6.54 Å². The monoisotopic (exact) mass is 263 g/mol. The van der Waals surface area contributed by atoms with Crippen molar-refractivity contribution >= 4 is 0 Å². The van der Waals surface area contributed by atoms with Crippen molar-refractivity contribution in [1.29, 1.82) is 0 Å². The Morgan fingerprint density at radius 1 is 1.16 bits per heavy atom. The van der Waals surface area contributed by atoms with Crippen molar-refractivity contribution in [3.63, 3.8) is 0 Å². The van der Waals surface area contributed by atoms with Gasteiger partial charge in [0.25, 0.3) is 0 Å². The fourth-order valence-electron chi connectivity index (χ4n) is 2.48. The van der Waals surface area contributed by atoms with Crippen molar-refractivity contribution in [2.75, 3.05) is 13.1 Å². The molecule has 0 saturated heterocycles. The lowest BCUT2D eigenvalue weighted by Gasteiger charge is -2.30. The zero-order valence-corrected chi connectivity index (χ0v) is 12.5. The van der Waals surface area contributed by atoms with Crippen LogP contribution in [0.15, 0.2) is 24.5 Å². The van der Waals surface area contributed by atoms with Gasteiger partial charge in [0.2, 0.25) is 0 Å². The van der Waals surface area contributed by atoms with Gasteiger partial charge in [-0.05, 0) is 30.7 Å². The molecular formula is C16H29N3. The van der Waals surface area contributed by atoms with Crippen LogP contribution in [0.2, 0.25) is 0 Å². The average Bonchev–Trinajstić information content (AvgIpc) is 2.46. The molecule has 1 heterocycles. The maximum atomic E-state index is 5.96. The van der Waals surface area contributed by atoms with Gasteiger partial charge in [-0.3, -0.25) is 9.88 Å². The Morgan fingerprint density at radius 3 is 2.47 bits per heavy atom. The Balaban J connectivity index is 2.45. The smallest absolute Gasteiger partial charge is 0.0271 e. The molecule has 19 heavy (non-hydrogen) atoms. The molecule has 0 fully saturated rings. The van der Waals surface area contributed by atoms with Gasteiger partial charge >= 0.3 is 0 Å². The number of pyridine rings is 1. The van der Waals surface area contributed by atoms with E-state index in [1.54, 1.807) is 0 Å². The number of unbranched alkanes of at least 4 members (excludes halogenated alkanes) is 3. The van der Waals surface area contributed by atoms with E-state index in [9.17, 15) is 0 Å². The molecule has 2 N–H and O–H groups in total. The molecule has 1 unspecified atom stereocenters. The number of aromatic nitrogens is 1. The number of nitrogens with two attached hydrogens (primary N) is 1. The third-order valence-corrected chi connectivity index (χ3v) is 3.72. The van der Waals surface area contributed by atoms with Crippen molar-refractivity contribution in [3.05, 3.63) is 30.1 Å². The van der Waals surface area contributed by atoms with E-state index in [2.05, 4.69) is 35.9 Å². The Bertz CT molecular complexity index is 313. The summed E-state index contributed by atoms with van der Waals surface area (Å²) < 4.78 is 0. The van der Waals surface area contributed by atoms with E-state index >= 15 is 0 Å². The van der Waals surface area contributed by atoms with E-state index in [4.69, 9.17) is 5.73 Å². The molecular weight excluding hydrogens is 234 g/mol. The van der Waals surface area contributed by atoms with Gasteiger partial charge in [0.15, 0.2) is 0 Å². The first kappa shape index (κ1) is 16.1. The molecule has 1 rings (SSSR count). The van der Waals surface area contributed by atoms with Gasteiger partial charge in [0.05, 0.1) is 0 Å². The highest BCUT2D eigenvalue weighted by Gasteiger charge is 2.15. The zero-order chi connectivity index (χ0) is 13.9. The van der Waals surface area contributed by atoms with E-state index in [0.717, 1.165) is 19.6 Å². The topological polar surface area (TPSA) is 42.1 Å². The quantitative estimate of drug-likeness (QED) is 0.659. The van der Waals surface area contributed by atoms with Crippen LogP contribution in [0.1, 0.15) is 51.5 Å². The Kier molecular flexibility index (Phi) is 8.43. The fourth-order valence-corrected chi connectivity index (χ4v) is 2.48. The summed E-state index contributed by atoms with van der Waals surface area (Å²) in [5.41, 5.74) is 7.29. The van der Waals surface area contributed by atoms with E-state index in [0.29, 0.717) is 6.04 Å². The number of hydrogen-bond donors (Lipinski definition) is 1. The third kappa shape index (κ3) is 6.17. The molecule has 0 aromatic carbocycles. The first-order chi connectivity index (χ1) is 9.31. The SMILES string of the molecule is CCCCCCC(CN)N(CC)Cc1ccncc1. The highest BCUT2D eigenvalue weighted by Crippen LogP contribution is 2.13. The van der Waals surface area contributed by atoms with Crippen LogP contribution < -0.4 is 5.73 Å². The summed E-state index contributed by atoms with van der Waals surface area (Å²) in [6, 6.07) is 4.69. The van der Waals surface area contributed by atoms with Crippen LogP contribution in [0.5, 0.6) is 0 Å². The van der Waals surface area contributed by atoms with Gasteiger partial charge in [-0.2, -0.15) is 0 Å². The molecule has 0 spiro atoms. The third-order valence-electron chi connectivity index (χ3n) is 3.72. The summed E-state index contributed by atoms with van der Waals surface area (Å²) in [4.78, 5) is 6.56. The molecule has 0 saturated carbocycles. The Hall–Kier alpha value is -0.930. The molecule has 0 aliphatic heterocycles. The lowest BCUT2D eigenvalue weighted by Crippen LogP contribution is -2.40. The van der Waals surface area contributed by atoms with Crippen molar-refractivity contribution < 1.29 is 0 Å². The molecule has 0 radical (unpaired) electrons. The molecule has 0 aliphatic carbocycles. The number of rotatable bonds is 10. The summed E-state index contributed by atoms with van der Waals surface area (Å²) in [6.07, 6.45) is 10.2. The predicted octanol–water partition coefficient (Wildman–Crippen LogP) is 3.20. The van der Waals surface area contributed by atoms with Crippen LogP contribution in [0, 0.1) is 0 Å². The molecule has 0 aliphatic rings. The van der Waals surface area contributed by atoms with Crippen LogP contribution in [0.25, 0.3) is 0 Å². The second-order valence-corrected chi connectivity index (χ2v) is 5.16. The molecule has 0 amide bonds.